The maximum atomic E-state index is 15.6. The van der Waals surface area contributed by atoms with Gasteiger partial charge in [0.1, 0.15) is 5.78 Å². The number of hydrogen-bond donors (Lipinski definition) is 2. The molecule has 7 unspecified atom stereocenters. The van der Waals surface area contributed by atoms with Gasteiger partial charge in [-0.1, -0.05) is 13.8 Å². The molecule has 0 aromatic rings. The van der Waals surface area contributed by atoms with Crippen LogP contribution in [0, 0.1) is 46.3 Å². The van der Waals surface area contributed by atoms with E-state index in [0.717, 1.165) is 6.42 Å². The fraction of sp³-hybridized carbons (Fsp3) is 0.870. The van der Waals surface area contributed by atoms with Crippen LogP contribution in [0.5, 0.6) is 0 Å². The van der Waals surface area contributed by atoms with E-state index in [1.807, 2.05) is 6.92 Å². The van der Waals surface area contributed by atoms with Crippen LogP contribution >= 0.6 is 0 Å². The van der Waals surface area contributed by atoms with E-state index in [1.165, 1.54) is 0 Å². The number of hydrogen-bond acceptors (Lipinski definition) is 3. The van der Waals surface area contributed by atoms with Gasteiger partial charge in [-0.3, -0.25) is 14.4 Å². The summed E-state index contributed by atoms with van der Waals surface area (Å²) in [6.45, 7) is 4.10. The molecule has 4 aliphatic carbocycles. The lowest BCUT2D eigenvalue weighted by Crippen LogP contribution is -2.60. The lowest BCUT2D eigenvalue weighted by Gasteiger charge is -2.62. The van der Waals surface area contributed by atoms with Crippen LogP contribution in [0.2, 0.25) is 0 Å². The van der Waals surface area contributed by atoms with Crippen LogP contribution in [0.15, 0.2) is 0 Å². The normalized spacial score (nSPS) is 44.8. The van der Waals surface area contributed by atoms with Gasteiger partial charge in [0.25, 0.3) is 5.92 Å². The summed E-state index contributed by atoms with van der Waals surface area (Å²) >= 11 is 0. The minimum Gasteiger partial charge on any atom is -0.481 e. The number of halogens is 2. The summed E-state index contributed by atoms with van der Waals surface area (Å²) < 4.78 is 31.1. The molecule has 30 heavy (non-hydrogen) atoms. The molecule has 4 fully saturated rings. The second-order valence-corrected chi connectivity index (χ2v) is 10.9. The molecule has 0 heterocycles. The molecule has 0 spiro atoms. The molecular weight excluding hydrogens is 394 g/mol. The van der Waals surface area contributed by atoms with Crippen LogP contribution in [-0.4, -0.2) is 33.9 Å². The van der Waals surface area contributed by atoms with Gasteiger partial charge >= 0.3 is 11.9 Å². The van der Waals surface area contributed by atoms with Crippen LogP contribution in [0.1, 0.15) is 71.6 Å². The number of aliphatic carboxylic acids is 2. The average molecular weight is 427 g/mol. The number of carbonyl (C=O) groups is 3. The highest BCUT2D eigenvalue weighted by Gasteiger charge is 2.68. The Balaban J connectivity index is 1.63. The van der Waals surface area contributed by atoms with Crippen molar-refractivity contribution < 1.29 is 33.4 Å². The Hall–Kier alpha value is -1.53. The molecule has 0 aromatic heterocycles. The van der Waals surface area contributed by atoms with Crippen molar-refractivity contribution in [3.63, 3.8) is 0 Å². The summed E-state index contributed by atoms with van der Waals surface area (Å²) in [4.78, 5) is 34.8. The van der Waals surface area contributed by atoms with Crippen molar-refractivity contribution in [2.45, 2.75) is 77.6 Å². The summed E-state index contributed by atoms with van der Waals surface area (Å²) in [6, 6.07) is 0. The van der Waals surface area contributed by atoms with Gasteiger partial charge in [0, 0.05) is 25.2 Å². The van der Waals surface area contributed by atoms with Gasteiger partial charge in [-0.15, -0.1) is 0 Å². The molecule has 0 radical (unpaired) electrons. The third-order valence-corrected chi connectivity index (χ3v) is 9.79. The third kappa shape index (κ3) is 3.10. The first-order chi connectivity index (χ1) is 13.9. The van der Waals surface area contributed by atoms with Crippen molar-refractivity contribution in [1.29, 1.82) is 0 Å². The Morgan fingerprint density at radius 2 is 1.67 bits per heavy atom. The number of carbonyl (C=O) groups excluding carboxylic acids is 1. The predicted molar refractivity (Wildman–Crippen MR) is 104 cm³/mol. The molecule has 4 aliphatic rings. The van der Waals surface area contributed by atoms with Gasteiger partial charge in [0.2, 0.25) is 0 Å². The number of carboxylic acids is 2. The zero-order chi connectivity index (χ0) is 22.1. The van der Waals surface area contributed by atoms with Crippen LogP contribution < -0.4 is 0 Å². The standard InChI is InChI=1S/C23H32F2O5/c1-21-8-6-17-18(16(21)4-3-12(21)10-15(19(27)28)20(29)30)23(24,25)11-13-9-14(26)5-7-22(13,17)2/h12-13,15-18H,3-11H2,1-2H3,(H,27,28)(H,29,30). The largest absolute Gasteiger partial charge is 0.481 e. The molecule has 0 bridgehead atoms. The van der Waals surface area contributed by atoms with E-state index in [-0.39, 0.29) is 54.1 Å². The van der Waals surface area contributed by atoms with Crippen molar-refractivity contribution in [2.24, 2.45) is 46.3 Å². The molecule has 7 heteroatoms. The molecule has 0 aliphatic heterocycles. The average Bonchev–Trinajstić information content (AvgIpc) is 2.96. The third-order valence-electron chi connectivity index (χ3n) is 9.79. The van der Waals surface area contributed by atoms with Crippen molar-refractivity contribution in [2.75, 3.05) is 0 Å². The zero-order valence-electron chi connectivity index (χ0n) is 17.7. The van der Waals surface area contributed by atoms with Crippen molar-refractivity contribution in [3.05, 3.63) is 0 Å². The van der Waals surface area contributed by atoms with E-state index < -0.39 is 35.1 Å². The smallest absolute Gasteiger partial charge is 0.317 e. The fourth-order valence-corrected chi connectivity index (χ4v) is 8.04. The van der Waals surface area contributed by atoms with E-state index in [2.05, 4.69) is 6.92 Å². The zero-order valence-corrected chi connectivity index (χ0v) is 17.7. The van der Waals surface area contributed by atoms with Crippen molar-refractivity contribution >= 4 is 17.7 Å². The number of ketones is 1. The Morgan fingerprint density at radius 1 is 1.03 bits per heavy atom. The minimum atomic E-state index is -2.84. The monoisotopic (exact) mass is 426 g/mol. The minimum absolute atomic E-state index is 0.00895. The van der Waals surface area contributed by atoms with Gasteiger partial charge < -0.3 is 10.2 Å². The molecule has 4 rings (SSSR count). The number of Topliss-reactive ketones (excluding diaryl/α,β-unsaturated/α-hetero) is 1. The van der Waals surface area contributed by atoms with E-state index >= 15 is 8.78 Å². The van der Waals surface area contributed by atoms with Crippen molar-refractivity contribution in [3.8, 4) is 0 Å². The van der Waals surface area contributed by atoms with Gasteiger partial charge in [-0.25, -0.2) is 8.78 Å². The van der Waals surface area contributed by atoms with Crippen LogP contribution in [0.25, 0.3) is 0 Å². The quantitative estimate of drug-likeness (QED) is 0.639. The lowest BCUT2D eigenvalue weighted by molar-refractivity contribution is -0.230. The Bertz CT molecular complexity index is 753. The highest BCUT2D eigenvalue weighted by Crippen LogP contribution is 2.70. The molecule has 5 nitrogen and oxygen atoms in total. The Morgan fingerprint density at radius 3 is 2.30 bits per heavy atom. The molecule has 7 atom stereocenters. The van der Waals surface area contributed by atoms with Gasteiger partial charge in [0.05, 0.1) is 0 Å². The van der Waals surface area contributed by atoms with Crippen molar-refractivity contribution in [1.82, 2.24) is 0 Å². The molecule has 4 saturated carbocycles. The van der Waals surface area contributed by atoms with E-state index in [9.17, 15) is 24.6 Å². The molecule has 168 valence electrons. The summed E-state index contributed by atoms with van der Waals surface area (Å²) in [6.07, 6.45) is 3.78. The van der Waals surface area contributed by atoms with E-state index in [0.29, 0.717) is 32.1 Å². The maximum absolute atomic E-state index is 15.6. The topological polar surface area (TPSA) is 91.7 Å². The first-order valence-corrected chi connectivity index (χ1v) is 11.3. The molecule has 0 amide bonds. The number of rotatable bonds is 4. The van der Waals surface area contributed by atoms with E-state index in [4.69, 9.17) is 0 Å². The Labute approximate surface area is 175 Å². The highest BCUT2D eigenvalue weighted by molar-refractivity contribution is 5.92. The molecular formula is C23H32F2O5. The highest BCUT2D eigenvalue weighted by atomic mass is 19.3. The SMILES string of the molecule is CC12CCC3C(C1CCC2CC(C(=O)O)C(=O)O)C(F)(F)CC1CC(=O)CCC13C. The summed E-state index contributed by atoms with van der Waals surface area (Å²) in [5.41, 5.74) is -0.703. The number of alkyl halides is 2. The first-order valence-electron chi connectivity index (χ1n) is 11.3. The van der Waals surface area contributed by atoms with Crippen LogP contribution in [-0.2, 0) is 14.4 Å². The molecule has 2 N–H and O–H groups in total. The Kier molecular flexibility index (Phi) is 5.06. The first kappa shape index (κ1) is 21.7. The van der Waals surface area contributed by atoms with Gasteiger partial charge in [0.15, 0.2) is 5.92 Å². The summed E-state index contributed by atoms with van der Waals surface area (Å²) in [7, 11) is 0. The van der Waals surface area contributed by atoms with Crippen LogP contribution in [0.4, 0.5) is 8.78 Å². The summed E-state index contributed by atoms with van der Waals surface area (Å²) in [5, 5.41) is 18.6. The maximum Gasteiger partial charge on any atom is 0.317 e. The van der Waals surface area contributed by atoms with E-state index in [1.54, 1.807) is 0 Å². The molecule has 0 saturated heterocycles. The predicted octanol–water partition coefficient (Wildman–Crippen LogP) is 4.64. The van der Waals surface area contributed by atoms with Crippen LogP contribution in [0.3, 0.4) is 0 Å². The fourth-order valence-electron chi connectivity index (χ4n) is 8.04. The second kappa shape index (κ2) is 6.99. The summed E-state index contributed by atoms with van der Waals surface area (Å²) in [5.74, 6) is -8.49. The van der Waals surface area contributed by atoms with Gasteiger partial charge in [-0.05, 0) is 73.0 Å². The molecule has 0 aromatic carbocycles. The van der Waals surface area contributed by atoms with Gasteiger partial charge in [-0.2, -0.15) is 0 Å². The number of fused-ring (bicyclic) bond motifs is 5. The second-order valence-electron chi connectivity index (χ2n) is 10.9. The lowest BCUT2D eigenvalue weighted by atomic mass is 9.43. The number of carboxylic acid groups (broad SMARTS) is 2.